The van der Waals surface area contributed by atoms with Gasteiger partial charge < -0.3 is 30.0 Å². The average molecular weight is 574 g/mol. The van der Waals surface area contributed by atoms with Crippen molar-refractivity contribution in [3.05, 3.63) is 101 Å². The van der Waals surface area contributed by atoms with Crippen LogP contribution >= 0.6 is 0 Å². The number of hydrogen-bond donors (Lipinski definition) is 2. The molecule has 0 aromatic heterocycles. The molecule has 3 aromatic carbocycles. The Hall–Kier alpha value is -4.37. The first-order valence-corrected chi connectivity index (χ1v) is 14.1. The molecule has 3 N–H and O–H groups in total. The van der Waals surface area contributed by atoms with Gasteiger partial charge in [0.1, 0.15) is 18.0 Å². The second-order valence-corrected chi connectivity index (χ2v) is 11.2. The lowest BCUT2D eigenvalue weighted by atomic mass is 10.0. The number of carbonyl (C=O) groups excluding carboxylic acids is 2. The van der Waals surface area contributed by atoms with E-state index in [-0.39, 0.29) is 19.0 Å². The maximum atomic E-state index is 12.8. The lowest BCUT2D eigenvalue weighted by molar-refractivity contribution is -0.159. The maximum absolute atomic E-state index is 12.8. The number of benzene rings is 3. The van der Waals surface area contributed by atoms with E-state index in [2.05, 4.69) is 4.99 Å². The molecule has 0 unspecified atom stereocenters. The van der Waals surface area contributed by atoms with Crippen LogP contribution in [-0.2, 0) is 32.2 Å². The number of aliphatic hydroxyl groups excluding tert-OH is 1. The minimum atomic E-state index is -1.46. The Labute approximate surface area is 246 Å². The van der Waals surface area contributed by atoms with Gasteiger partial charge in [-0.1, -0.05) is 66.7 Å². The number of guanidine groups is 1. The van der Waals surface area contributed by atoms with E-state index in [1.807, 2.05) is 98.5 Å². The summed E-state index contributed by atoms with van der Waals surface area (Å²) in [6.45, 7) is 6.85. The first-order chi connectivity index (χ1) is 20.1. The summed E-state index contributed by atoms with van der Waals surface area (Å²) in [6, 6.07) is 24.4. The minimum Gasteiger partial charge on any atom is -0.490 e. The molecule has 1 heterocycles. The van der Waals surface area contributed by atoms with Crippen LogP contribution in [0, 0.1) is 0 Å². The van der Waals surface area contributed by atoms with Crippen LogP contribution in [0.15, 0.2) is 83.9 Å². The predicted molar refractivity (Wildman–Crippen MR) is 160 cm³/mol. The van der Waals surface area contributed by atoms with Gasteiger partial charge in [-0.2, -0.15) is 0 Å². The maximum Gasteiger partial charge on any atom is 0.339 e. The van der Waals surface area contributed by atoms with Crippen molar-refractivity contribution < 1.29 is 28.9 Å². The molecule has 1 aliphatic rings. The summed E-state index contributed by atoms with van der Waals surface area (Å²) in [5, 5.41) is 10.6. The third-order valence-corrected chi connectivity index (χ3v) is 6.58. The normalized spacial score (nSPS) is 13.9. The summed E-state index contributed by atoms with van der Waals surface area (Å²) in [7, 11) is 0. The Kier molecular flexibility index (Phi) is 10.2. The molecule has 0 saturated carbocycles. The summed E-state index contributed by atoms with van der Waals surface area (Å²) in [5.74, 6) is -0.0842. The third-order valence-electron chi connectivity index (χ3n) is 6.58. The number of nitrogens with two attached hydrogens (primary N) is 1. The molecule has 42 heavy (non-hydrogen) atoms. The lowest BCUT2D eigenvalue weighted by Crippen LogP contribution is -2.33. The lowest BCUT2D eigenvalue weighted by Gasteiger charge is -2.21. The topological polar surface area (TPSA) is 124 Å². The molecule has 9 nitrogen and oxygen atoms in total. The zero-order valence-corrected chi connectivity index (χ0v) is 24.4. The van der Waals surface area contributed by atoms with Gasteiger partial charge >= 0.3 is 11.9 Å². The number of nitrogens with zero attached hydrogens (tertiary/aromatic N) is 2. The number of ether oxygens (including phenoxy) is 3. The molecule has 3 aromatic rings. The number of carbonyl (C=O) groups is 2. The van der Waals surface area contributed by atoms with Crippen molar-refractivity contribution in [2.24, 2.45) is 10.7 Å². The highest BCUT2D eigenvalue weighted by Crippen LogP contribution is 2.28. The van der Waals surface area contributed by atoms with E-state index in [1.54, 1.807) is 6.07 Å². The van der Waals surface area contributed by atoms with Gasteiger partial charge in [0.05, 0.1) is 0 Å². The van der Waals surface area contributed by atoms with E-state index in [0.717, 1.165) is 22.3 Å². The molecule has 9 heteroatoms. The van der Waals surface area contributed by atoms with Gasteiger partial charge in [0.2, 0.25) is 0 Å². The van der Waals surface area contributed by atoms with Crippen molar-refractivity contribution >= 4 is 17.9 Å². The molecule has 0 fully saturated rings. The summed E-state index contributed by atoms with van der Waals surface area (Å²) in [5.41, 5.74) is 9.43. The first kappa shape index (κ1) is 30.6. The SMILES string of the molecule is CC(C)(C)OC(=O)CCCN=C(N)N1Cc2ccc(OC[C@@H](O)C(=O)OC(c3ccccc3)c3ccccc3)cc2C1. The van der Waals surface area contributed by atoms with Crippen molar-refractivity contribution in [2.45, 2.75) is 64.5 Å². The Morgan fingerprint density at radius 3 is 2.19 bits per heavy atom. The van der Waals surface area contributed by atoms with E-state index in [9.17, 15) is 14.7 Å². The molecule has 0 bridgehead atoms. The molecule has 0 amide bonds. The molecule has 0 aliphatic carbocycles. The number of aliphatic hydroxyl groups is 1. The average Bonchev–Trinajstić information content (AvgIpc) is 3.40. The van der Waals surface area contributed by atoms with E-state index in [4.69, 9.17) is 19.9 Å². The molecule has 222 valence electrons. The number of hydrogen-bond acceptors (Lipinski definition) is 7. The van der Waals surface area contributed by atoms with Gasteiger partial charge in [-0.15, -0.1) is 0 Å². The van der Waals surface area contributed by atoms with Crippen LogP contribution in [0.1, 0.15) is 62.0 Å². The Balaban J connectivity index is 1.27. The van der Waals surface area contributed by atoms with Gasteiger partial charge in [0, 0.05) is 26.1 Å². The van der Waals surface area contributed by atoms with E-state index < -0.39 is 23.8 Å². The van der Waals surface area contributed by atoms with Crippen molar-refractivity contribution in [3.8, 4) is 5.75 Å². The van der Waals surface area contributed by atoms with E-state index in [1.165, 1.54) is 0 Å². The van der Waals surface area contributed by atoms with Gasteiger partial charge in [-0.05, 0) is 61.6 Å². The number of aliphatic imine (C=N–C) groups is 1. The third kappa shape index (κ3) is 8.81. The standard InChI is InChI=1S/C33H39N3O6/c1-33(2,3)42-29(38)15-10-18-35-32(34)36-20-25-16-17-27(19-26(25)21-36)40-22-28(37)31(39)41-30(23-11-6-4-7-12-23)24-13-8-5-9-14-24/h4-9,11-14,16-17,19,28,30,37H,10,15,18,20-22H2,1-3H3,(H2,34,35)/t28-/m1/s1. The summed E-state index contributed by atoms with van der Waals surface area (Å²) in [4.78, 5) is 31.1. The second-order valence-electron chi connectivity index (χ2n) is 11.2. The molecule has 4 rings (SSSR count). The van der Waals surface area contributed by atoms with Crippen molar-refractivity contribution in [1.82, 2.24) is 4.90 Å². The number of rotatable bonds is 11. The van der Waals surface area contributed by atoms with Crippen molar-refractivity contribution in [2.75, 3.05) is 13.2 Å². The zero-order valence-electron chi connectivity index (χ0n) is 24.4. The van der Waals surface area contributed by atoms with Crippen molar-refractivity contribution in [3.63, 3.8) is 0 Å². The quantitative estimate of drug-likeness (QED) is 0.149. The van der Waals surface area contributed by atoms with Crippen LogP contribution in [0.4, 0.5) is 0 Å². The van der Waals surface area contributed by atoms with Crippen LogP contribution in [0.25, 0.3) is 0 Å². The highest BCUT2D eigenvalue weighted by molar-refractivity contribution is 5.79. The highest BCUT2D eigenvalue weighted by Gasteiger charge is 2.26. The van der Waals surface area contributed by atoms with Crippen LogP contribution < -0.4 is 10.5 Å². The second kappa shape index (κ2) is 14.0. The van der Waals surface area contributed by atoms with Gasteiger partial charge in [-0.3, -0.25) is 9.79 Å². The monoisotopic (exact) mass is 573 g/mol. The smallest absolute Gasteiger partial charge is 0.339 e. The van der Waals surface area contributed by atoms with Crippen LogP contribution in [-0.4, -0.2) is 52.8 Å². The molecule has 1 atom stereocenters. The fourth-order valence-corrected chi connectivity index (χ4v) is 4.55. The van der Waals surface area contributed by atoms with Crippen LogP contribution in [0.5, 0.6) is 5.75 Å². The largest absolute Gasteiger partial charge is 0.490 e. The summed E-state index contributed by atoms with van der Waals surface area (Å²) in [6.07, 6.45) is -1.28. The van der Waals surface area contributed by atoms with E-state index >= 15 is 0 Å². The zero-order chi connectivity index (χ0) is 30.1. The predicted octanol–water partition coefficient (Wildman–Crippen LogP) is 4.51. The molecular weight excluding hydrogens is 534 g/mol. The summed E-state index contributed by atoms with van der Waals surface area (Å²) < 4.78 is 16.8. The molecule has 1 aliphatic heterocycles. The van der Waals surface area contributed by atoms with Gasteiger partial charge in [0.25, 0.3) is 0 Å². The molecule has 0 radical (unpaired) electrons. The highest BCUT2D eigenvalue weighted by atomic mass is 16.6. The summed E-state index contributed by atoms with van der Waals surface area (Å²) >= 11 is 0. The number of fused-ring (bicyclic) bond motifs is 1. The Morgan fingerprint density at radius 1 is 0.952 bits per heavy atom. The van der Waals surface area contributed by atoms with E-state index in [0.29, 0.717) is 37.8 Å². The molecular formula is C33H39N3O6. The molecule has 0 spiro atoms. The van der Waals surface area contributed by atoms with Crippen LogP contribution in [0.3, 0.4) is 0 Å². The first-order valence-electron chi connectivity index (χ1n) is 14.1. The fourth-order valence-electron chi connectivity index (χ4n) is 4.55. The van der Waals surface area contributed by atoms with Crippen LogP contribution in [0.2, 0.25) is 0 Å². The van der Waals surface area contributed by atoms with Gasteiger partial charge in [-0.25, -0.2) is 4.79 Å². The van der Waals surface area contributed by atoms with Crippen molar-refractivity contribution in [1.29, 1.82) is 0 Å². The minimum absolute atomic E-state index is 0.247. The molecule has 0 saturated heterocycles. The Bertz CT molecular complexity index is 1330. The number of esters is 2. The fraction of sp³-hybridized carbons (Fsp3) is 0.364. The van der Waals surface area contributed by atoms with Gasteiger partial charge in [0.15, 0.2) is 18.2 Å². The Morgan fingerprint density at radius 2 is 1.57 bits per heavy atom.